The predicted molar refractivity (Wildman–Crippen MR) is 71.7 cm³/mol. The quantitative estimate of drug-likeness (QED) is 0.759. The van der Waals surface area contributed by atoms with E-state index in [9.17, 15) is 4.79 Å². The summed E-state index contributed by atoms with van der Waals surface area (Å²) in [6, 6.07) is 3.99. The fraction of sp³-hybridized carbons (Fsp3) is 0.167. The number of nitrogens with zero attached hydrogens (tertiary/aromatic N) is 1. The highest BCUT2D eigenvalue weighted by molar-refractivity contribution is 8.04. The lowest BCUT2D eigenvalue weighted by molar-refractivity contribution is -0.113. The summed E-state index contributed by atoms with van der Waals surface area (Å²) >= 11 is 1.49. The maximum Gasteiger partial charge on any atom is 0.256 e. The second kappa shape index (κ2) is 4.38. The van der Waals surface area contributed by atoms with Crippen molar-refractivity contribution < 1.29 is 4.79 Å². The van der Waals surface area contributed by atoms with Crippen LogP contribution in [0.2, 0.25) is 0 Å². The molecule has 1 unspecified atom stereocenters. The Bertz CT molecular complexity index is 634. The third-order valence-electron chi connectivity index (χ3n) is 2.89. The number of amides is 1. The van der Waals surface area contributed by atoms with E-state index in [1.165, 1.54) is 11.8 Å². The molecule has 0 aromatic carbocycles. The zero-order valence-corrected chi connectivity index (χ0v) is 10.3. The van der Waals surface area contributed by atoms with Gasteiger partial charge in [0.25, 0.3) is 5.91 Å². The van der Waals surface area contributed by atoms with Gasteiger partial charge in [-0.15, -0.1) is 11.8 Å². The summed E-state index contributed by atoms with van der Waals surface area (Å²) in [7, 11) is 0. The molecule has 4 N–H and O–H groups in total. The number of pyridine rings is 1. The highest BCUT2D eigenvalue weighted by atomic mass is 32.2. The molecule has 3 rings (SSSR count). The number of aromatic nitrogens is 2. The summed E-state index contributed by atoms with van der Waals surface area (Å²) in [5, 5.41) is 4.36. The number of primary amides is 1. The Morgan fingerprint density at radius 1 is 1.50 bits per heavy atom. The van der Waals surface area contributed by atoms with Gasteiger partial charge in [0.2, 0.25) is 0 Å². The van der Waals surface area contributed by atoms with E-state index in [4.69, 9.17) is 5.73 Å². The van der Waals surface area contributed by atoms with Gasteiger partial charge in [0.05, 0.1) is 10.2 Å². The number of rotatable bonds is 2. The van der Waals surface area contributed by atoms with E-state index in [0.717, 1.165) is 23.1 Å². The van der Waals surface area contributed by atoms with E-state index in [-0.39, 0.29) is 5.25 Å². The number of thioether (sulfide) groups is 1. The number of aromatic amines is 1. The van der Waals surface area contributed by atoms with Crippen molar-refractivity contribution in [3.63, 3.8) is 0 Å². The Hall–Kier alpha value is -1.95. The average Bonchev–Trinajstić information content (AvgIpc) is 2.87. The van der Waals surface area contributed by atoms with E-state index >= 15 is 0 Å². The first kappa shape index (κ1) is 11.2. The molecule has 0 saturated heterocycles. The fourth-order valence-electron chi connectivity index (χ4n) is 2.05. The summed E-state index contributed by atoms with van der Waals surface area (Å²) in [4.78, 5) is 19.1. The van der Waals surface area contributed by atoms with Crippen molar-refractivity contribution in [3.8, 4) is 0 Å². The van der Waals surface area contributed by atoms with Gasteiger partial charge >= 0.3 is 0 Å². The molecule has 1 aliphatic heterocycles. The summed E-state index contributed by atoms with van der Waals surface area (Å²) < 4.78 is 0. The number of carbonyl (C=O) groups excluding carboxylic acids is 1. The fourth-order valence-corrected chi connectivity index (χ4v) is 3.14. The monoisotopic (exact) mass is 260 g/mol. The summed E-state index contributed by atoms with van der Waals surface area (Å²) in [5.74, 6) is -0.392. The van der Waals surface area contributed by atoms with Gasteiger partial charge in [-0.3, -0.25) is 4.79 Å². The summed E-state index contributed by atoms with van der Waals surface area (Å²) in [5.41, 5.74) is 7.34. The minimum atomic E-state index is -0.392. The normalized spacial score (nSPS) is 19.3. The molecule has 0 saturated carbocycles. The lowest BCUT2D eigenvalue weighted by Crippen LogP contribution is -2.24. The number of carbonyl (C=O) groups is 1. The lowest BCUT2D eigenvalue weighted by Gasteiger charge is -2.22. The van der Waals surface area contributed by atoms with Crippen molar-refractivity contribution in [1.29, 1.82) is 0 Å². The van der Waals surface area contributed by atoms with E-state index in [1.807, 2.05) is 18.3 Å². The van der Waals surface area contributed by atoms with Gasteiger partial charge in [-0.2, -0.15) is 0 Å². The maximum absolute atomic E-state index is 11.2. The van der Waals surface area contributed by atoms with Crippen LogP contribution in [0, 0.1) is 0 Å². The van der Waals surface area contributed by atoms with Crippen LogP contribution in [-0.2, 0) is 4.79 Å². The van der Waals surface area contributed by atoms with Gasteiger partial charge < -0.3 is 16.0 Å². The van der Waals surface area contributed by atoms with Gasteiger partial charge in [-0.25, -0.2) is 4.98 Å². The molecule has 0 aliphatic carbocycles. The molecule has 0 spiro atoms. The molecule has 0 radical (unpaired) electrons. The molecular formula is C12H12N4OS. The highest BCUT2D eigenvalue weighted by Gasteiger charge is 2.22. The Kier molecular flexibility index (Phi) is 2.71. The second-order valence-electron chi connectivity index (χ2n) is 4.03. The molecule has 6 heteroatoms. The second-order valence-corrected chi connectivity index (χ2v) is 5.27. The summed E-state index contributed by atoms with van der Waals surface area (Å²) in [6.07, 6.45) is 5.32. The minimum absolute atomic E-state index is 0.166. The van der Waals surface area contributed by atoms with Crippen LogP contribution in [0.25, 0.3) is 11.0 Å². The Morgan fingerprint density at radius 3 is 3.22 bits per heavy atom. The van der Waals surface area contributed by atoms with Crippen LogP contribution in [0.3, 0.4) is 0 Å². The van der Waals surface area contributed by atoms with E-state index in [2.05, 4.69) is 15.3 Å². The number of nitrogens with one attached hydrogen (secondary N) is 2. The number of fused-ring (bicyclic) bond motifs is 1. The highest BCUT2D eigenvalue weighted by Crippen LogP contribution is 2.38. The first-order chi connectivity index (χ1) is 8.75. The molecule has 1 amide bonds. The van der Waals surface area contributed by atoms with E-state index < -0.39 is 5.91 Å². The molecule has 5 nitrogen and oxygen atoms in total. The van der Waals surface area contributed by atoms with Crippen LogP contribution in [0.4, 0.5) is 0 Å². The van der Waals surface area contributed by atoms with Crippen LogP contribution in [0.15, 0.2) is 35.6 Å². The molecule has 3 heterocycles. The van der Waals surface area contributed by atoms with Gasteiger partial charge in [0, 0.05) is 30.5 Å². The molecule has 18 heavy (non-hydrogen) atoms. The van der Waals surface area contributed by atoms with Crippen LogP contribution >= 0.6 is 11.8 Å². The molecule has 92 valence electrons. The smallest absolute Gasteiger partial charge is 0.256 e. The average molecular weight is 260 g/mol. The van der Waals surface area contributed by atoms with Gasteiger partial charge in [-0.1, -0.05) is 0 Å². The third-order valence-corrected chi connectivity index (χ3v) is 4.17. The minimum Gasteiger partial charge on any atom is -0.388 e. The van der Waals surface area contributed by atoms with Crippen LogP contribution in [0.5, 0.6) is 0 Å². The first-order valence-corrected chi connectivity index (χ1v) is 6.45. The first-order valence-electron chi connectivity index (χ1n) is 5.57. The largest absolute Gasteiger partial charge is 0.388 e. The van der Waals surface area contributed by atoms with E-state index in [1.54, 1.807) is 12.4 Å². The predicted octanol–water partition coefficient (Wildman–Crippen LogP) is 1.27. The molecule has 2 aromatic rings. The third kappa shape index (κ3) is 1.84. The Morgan fingerprint density at radius 2 is 2.39 bits per heavy atom. The molecular weight excluding hydrogens is 248 g/mol. The lowest BCUT2D eigenvalue weighted by atomic mass is 10.1. The molecule has 1 atom stereocenters. The summed E-state index contributed by atoms with van der Waals surface area (Å²) in [6.45, 7) is 0.770. The standard InChI is InChI=1S/C12H12N4OS/c13-11(17)10-6-14-5-9(18-10)7-1-3-15-12-8(7)2-4-16-12/h1-4,6,9,14H,5H2,(H2,13,17)(H,15,16). The van der Waals surface area contributed by atoms with Gasteiger partial charge in [-0.05, 0) is 17.7 Å². The number of nitrogens with two attached hydrogens (primary N) is 1. The van der Waals surface area contributed by atoms with Crippen LogP contribution in [0.1, 0.15) is 10.8 Å². The molecule has 0 fully saturated rings. The van der Waals surface area contributed by atoms with Gasteiger partial charge in [0.15, 0.2) is 0 Å². The zero-order valence-electron chi connectivity index (χ0n) is 9.51. The zero-order chi connectivity index (χ0) is 12.5. The number of H-pyrrole nitrogens is 1. The Balaban J connectivity index is 1.98. The number of hydrogen-bond donors (Lipinski definition) is 3. The van der Waals surface area contributed by atoms with Crippen molar-refractivity contribution >= 4 is 28.7 Å². The maximum atomic E-state index is 11.2. The topological polar surface area (TPSA) is 83.8 Å². The van der Waals surface area contributed by atoms with Crippen molar-refractivity contribution in [3.05, 3.63) is 41.2 Å². The van der Waals surface area contributed by atoms with Crippen molar-refractivity contribution in [1.82, 2.24) is 15.3 Å². The Labute approximate surface area is 108 Å². The van der Waals surface area contributed by atoms with Crippen molar-refractivity contribution in [2.75, 3.05) is 6.54 Å². The van der Waals surface area contributed by atoms with Crippen molar-refractivity contribution in [2.45, 2.75) is 5.25 Å². The van der Waals surface area contributed by atoms with Crippen LogP contribution in [-0.4, -0.2) is 22.4 Å². The molecule has 0 bridgehead atoms. The molecule has 1 aliphatic rings. The SMILES string of the molecule is NC(=O)C1=CNCC(c2ccnc3[nH]ccc23)S1. The molecule has 2 aromatic heterocycles. The van der Waals surface area contributed by atoms with Crippen LogP contribution < -0.4 is 11.1 Å². The number of hydrogen-bond acceptors (Lipinski definition) is 4. The van der Waals surface area contributed by atoms with Crippen molar-refractivity contribution in [2.24, 2.45) is 5.73 Å². The van der Waals surface area contributed by atoms with Gasteiger partial charge in [0.1, 0.15) is 5.65 Å². The van der Waals surface area contributed by atoms with E-state index in [0.29, 0.717) is 4.91 Å².